The molecule has 0 aliphatic heterocycles. The van der Waals surface area contributed by atoms with E-state index in [1.54, 1.807) is 0 Å². The molecule has 0 aromatic heterocycles. The normalized spacial score (nSPS) is 13.0. The molecule has 0 saturated carbocycles. The van der Waals surface area contributed by atoms with E-state index < -0.39 is 0 Å². The van der Waals surface area contributed by atoms with E-state index in [0.717, 1.165) is 12.5 Å². The van der Waals surface area contributed by atoms with Gasteiger partial charge in [-0.25, -0.2) is 0 Å². The number of unbranched alkanes of at least 4 members (excludes halogenated alkanes) is 4. The maximum absolute atomic E-state index is 5.44. The summed E-state index contributed by atoms with van der Waals surface area (Å²) in [6, 6.07) is 0. The van der Waals surface area contributed by atoms with Crippen LogP contribution in [-0.4, -0.2) is 19.6 Å². The van der Waals surface area contributed by atoms with Crippen molar-refractivity contribution >= 4 is 0 Å². The lowest BCUT2D eigenvalue weighted by atomic mass is 10.1. The summed E-state index contributed by atoms with van der Waals surface area (Å²) >= 11 is 0. The summed E-state index contributed by atoms with van der Waals surface area (Å²) in [6.07, 6.45) is 9.17. The van der Waals surface area contributed by atoms with E-state index in [1.165, 1.54) is 58.0 Å². The molecule has 0 amide bonds. The summed E-state index contributed by atoms with van der Waals surface area (Å²) in [5, 5.41) is 3.52. The van der Waals surface area contributed by atoms with E-state index >= 15 is 0 Å². The van der Waals surface area contributed by atoms with Gasteiger partial charge in [-0.15, -0.1) is 0 Å². The van der Waals surface area contributed by atoms with Gasteiger partial charge in [0.05, 0.1) is 0 Å². The van der Waals surface area contributed by atoms with Gasteiger partial charge in [0.15, 0.2) is 0 Å². The lowest BCUT2D eigenvalue weighted by Crippen LogP contribution is -2.18. The molecular formula is C13H30N2. The summed E-state index contributed by atoms with van der Waals surface area (Å²) < 4.78 is 0. The Morgan fingerprint density at radius 2 is 1.67 bits per heavy atom. The second-order valence-electron chi connectivity index (χ2n) is 4.61. The van der Waals surface area contributed by atoms with Gasteiger partial charge in [-0.05, 0) is 44.8 Å². The Morgan fingerprint density at radius 1 is 1.00 bits per heavy atom. The molecule has 2 heteroatoms. The van der Waals surface area contributed by atoms with Crippen LogP contribution < -0.4 is 11.1 Å². The zero-order valence-corrected chi connectivity index (χ0v) is 10.7. The van der Waals surface area contributed by atoms with Crippen LogP contribution in [0.25, 0.3) is 0 Å². The molecule has 0 saturated heterocycles. The molecule has 0 aliphatic rings. The maximum Gasteiger partial charge on any atom is -0.00464 e. The molecule has 0 aromatic carbocycles. The molecule has 0 fully saturated rings. The fourth-order valence-electron chi connectivity index (χ4n) is 1.60. The fraction of sp³-hybridized carbons (Fsp3) is 1.00. The predicted molar refractivity (Wildman–Crippen MR) is 69.1 cm³/mol. The van der Waals surface area contributed by atoms with Crippen molar-refractivity contribution in [2.45, 2.75) is 58.8 Å². The van der Waals surface area contributed by atoms with Crippen molar-refractivity contribution in [3.8, 4) is 0 Å². The Balaban J connectivity index is 2.92. The van der Waals surface area contributed by atoms with E-state index in [9.17, 15) is 0 Å². The Labute approximate surface area is 96.0 Å². The predicted octanol–water partition coefficient (Wildman–Crippen LogP) is 2.92. The third-order valence-electron chi connectivity index (χ3n) is 3.07. The first-order chi connectivity index (χ1) is 7.31. The minimum atomic E-state index is 0.854. The van der Waals surface area contributed by atoms with Crippen molar-refractivity contribution < 1.29 is 0 Å². The number of hydrogen-bond donors (Lipinski definition) is 2. The van der Waals surface area contributed by atoms with Crippen LogP contribution in [0.2, 0.25) is 0 Å². The molecule has 92 valence electrons. The average Bonchev–Trinajstić information content (AvgIpc) is 2.26. The van der Waals surface area contributed by atoms with Gasteiger partial charge in [0.25, 0.3) is 0 Å². The quantitative estimate of drug-likeness (QED) is 0.519. The lowest BCUT2D eigenvalue weighted by Gasteiger charge is -2.09. The van der Waals surface area contributed by atoms with Crippen LogP contribution in [0.3, 0.4) is 0 Å². The van der Waals surface area contributed by atoms with Crippen LogP contribution in [0.1, 0.15) is 58.8 Å². The van der Waals surface area contributed by atoms with Gasteiger partial charge < -0.3 is 11.1 Å². The summed E-state index contributed by atoms with van der Waals surface area (Å²) in [4.78, 5) is 0. The highest BCUT2D eigenvalue weighted by atomic mass is 14.8. The summed E-state index contributed by atoms with van der Waals surface area (Å²) in [6.45, 7) is 7.83. The van der Waals surface area contributed by atoms with Crippen molar-refractivity contribution in [3.63, 3.8) is 0 Å². The van der Waals surface area contributed by atoms with Crippen LogP contribution in [0.5, 0.6) is 0 Å². The maximum atomic E-state index is 5.44. The molecule has 0 heterocycles. The summed E-state index contributed by atoms with van der Waals surface area (Å²) in [5.41, 5.74) is 5.44. The Morgan fingerprint density at radius 3 is 2.33 bits per heavy atom. The van der Waals surface area contributed by atoms with Crippen molar-refractivity contribution in [3.05, 3.63) is 0 Å². The first-order valence-corrected chi connectivity index (χ1v) is 6.72. The first-order valence-electron chi connectivity index (χ1n) is 6.72. The molecule has 0 aromatic rings. The lowest BCUT2D eigenvalue weighted by molar-refractivity contribution is 0.480. The highest BCUT2D eigenvalue weighted by Gasteiger charge is 1.97. The second-order valence-corrected chi connectivity index (χ2v) is 4.61. The van der Waals surface area contributed by atoms with Gasteiger partial charge in [0.1, 0.15) is 0 Å². The third kappa shape index (κ3) is 11.8. The zero-order valence-electron chi connectivity index (χ0n) is 10.7. The van der Waals surface area contributed by atoms with Gasteiger partial charge in [-0.3, -0.25) is 0 Å². The van der Waals surface area contributed by atoms with Gasteiger partial charge in [0.2, 0.25) is 0 Å². The van der Waals surface area contributed by atoms with Crippen LogP contribution in [-0.2, 0) is 0 Å². The number of nitrogens with two attached hydrogens (primary N) is 1. The van der Waals surface area contributed by atoms with Gasteiger partial charge in [-0.2, -0.15) is 0 Å². The van der Waals surface area contributed by atoms with Gasteiger partial charge >= 0.3 is 0 Å². The van der Waals surface area contributed by atoms with Crippen molar-refractivity contribution in [2.24, 2.45) is 11.7 Å². The smallest absolute Gasteiger partial charge is 0.00464 e. The summed E-state index contributed by atoms with van der Waals surface area (Å²) in [5.74, 6) is 0.877. The van der Waals surface area contributed by atoms with Crippen LogP contribution >= 0.6 is 0 Å². The van der Waals surface area contributed by atoms with Crippen LogP contribution in [0.4, 0.5) is 0 Å². The molecule has 0 rings (SSSR count). The molecule has 3 N–H and O–H groups in total. The average molecular weight is 214 g/mol. The Kier molecular flexibility index (Phi) is 11.9. The topological polar surface area (TPSA) is 38.0 Å². The second kappa shape index (κ2) is 12.0. The minimum absolute atomic E-state index is 0.854. The van der Waals surface area contributed by atoms with E-state index in [2.05, 4.69) is 19.2 Å². The monoisotopic (exact) mass is 214 g/mol. The number of rotatable bonds is 11. The van der Waals surface area contributed by atoms with E-state index in [4.69, 9.17) is 5.73 Å². The molecule has 15 heavy (non-hydrogen) atoms. The largest absolute Gasteiger partial charge is 0.330 e. The molecule has 1 atom stereocenters. The van der Waals surface area contributed by atoms with Gasteiger partial charge in [0, 0.05) is 0 Å². The summed E-state index contributed by atoms with van der Waals surface area (Å²) in [7, 11) is 0. The van der Waals surface area contributed by atoms with E-state index in [-0.39, 0.29) is 0 Å². The highest BCUT2D eigenvalue weighted by molar-refractivity contribution is 4.54. The highest BCUT2D eigenvalue weighted by Crippen LogP contribution is 2.04. The van der Waals surface area contributed by atoms with E-state index in [0.29, 0.717) is 0 Å². The molecule has 0 bridgehead atoms. The Hall–Kier alpha value is -0.0800. The molecule has 0 radical (unpaired) electrons. The van der Waals surface area contributed by atoms with Gasteiger partial charge in [-0.1, -0.05) is 39.5 Å². The third-order valence-corrected chi connectivity index (χ3v) is 3.07. The minimum Gasteiger partial charge on any atom is -0.330 e. The Bertz CT molecular complexity index is 115. The first kappa shape index (κ1) is 14.9. The van der Waals surface area contributed by atoms with Crippen molar-refractivity contribution in [1.82, 2.24) is 5.32 Å². The molecule has 0 spiro atoms. The molecule has 0 aliphatic carbocycles. The van der Waals surface area contributed by atoms with Crippen molar-refractivity contribution in [2.75, 3.05) is 19.6 Å². The van der Waals surface area contributed by atoms with Crippen LogP contribution in [0.15, 0.2) is 0 Å². The van der Waals surface area contributed by atoms with E-state index in [1.807, 2.05) is 0 Å². The SMILES string of the molecule is CCC(C)CCNCCCCCCCN. The number of nitrogens with one attached hydrogen (secondary N) is 1. The molecule has 2 nitrogen and oxygen atoms in total. The standard InChI is InChI=1S/C13H30N2/c1-3-13(2)9-12-15-11-8-6-4-5-7-10-14/h13,15H,3-12,14H2,1-2H3. The zero-order chi connectivity index (χ0) is 11.4. The fourth-order valence-corrected chi connectivity index (χ4v) is 1.60. The molecule has 1 unspecified atom stereocenters. The van der Waals surface area contributed by atoms with Crippen LogP contribution in [0, 0.1) is 5.92 Å². The van der Waals surface area contributed by atoms with Crippen molar-refractivity contribution in [1.29, 1.82) is 0 Å². The molecular weight excluding hydrogens is 184 g/mol. The number of hydrogen-bond acceptors (Lipinski definition) is 2.